The molecule has 1 N–H and O–H groups in total. The van der Waals surface area contributed by atoms with E-state index < -0.39 is 23.6 Å². The Morgan fingerprint density at radius 3 is 2.29 bits per heavy atom. The van der Waals surface area contributed by atoms with E-state index in [2.05, 4.69) is 5.32 Å². The standard InChI is InChI=1S/C16H15F2NO2/c1-21-16(20)15(11-6-3-2-4-7-11)19-10-12-13(17)8-5-9-14(12)18/h2-9,15,19H,10H2,1H3. The molecule has 2 rings (SSSR count). The molecule has 110 valence electrons. The largest absolute Gasteiger partial charge is 0.468 e. The fourth-order valence-electron chi connectivity index (χ4n) is 2.01. The smallest absolute Gasteiger partial charge is 0.327 e. The van der Waals surface area contributed by atoms with Crippen molar-refractivity contribution < 1.29 is 18.3 Å². The van der Waals surface area contributed by atoms with Crippen molar-refractivity contribution in [1.82, 2.24) is 5.32 Å². The van der Waals surface area contributed by atoms with E-state index in [1.165, 1.54) is 25.3 Å². The molecule has 0 aliphatic heterocycles. The van der Waals surface area contributed by atoms with Crippen LogP contribution in [0.25, 0.3) is 0 Å². The Morgan fingerprint density at radius 1 is 1.10 bits per heavy atom. The van der Waals surface area contributed by atoms with E-state index >= 15 is 0 Å². The number of nitrogens with one attached hydrogen (secondary N) is 1. The van der Waals surface area contributed by atoms with Crippen LogP contribution in [0.3, 0.4) is 0 Å². The number of methoxy groups -OCH3 is 1. The summed E-state index contributed by atoms with van der Waals surface area (Å²) >= 11 is 0. The van der Waals surface area contributed by atoms with Gasteiger partial charge in [-0.2, -0.15) is 0 Å². The summed E-state index contributed by atoms with van der Waals surface area (Å²) < 4.78 is 31.9. The molecule has 3 nitrogen and oxygen atoms in total. The fraction of sp³-hybridized carbons (Fsp3) is 0.188. The molecular formula is C16H15F2NO2. The van der Waals surface area contributed by atoms with Gasteiger partial charge in [0.05, 0.1) is 7.11 Å². The first-order chi connectivity index (χ1) is 10.1. The minimum atomic E-state index is -0.782. The molecule has 21 heavy (non-hydrogen) atoms. The van der Waals surface area contributed by atoms with Crippen LogP contribution in [0.4, 0.5) is 8.78 Å². The lowest BCUT2D eigenvalue weighted by atomic mass is 10.1. The Kier molecular flexibility index (Phi) is 5.00. The average Bonchev–Trinajstić information content (AvgIpc) is 2.50. The Labute approximate surface area is 121 Å². The van der Waals surface area contributed by atoms with Crippen molar-refractivity contribution >= 4 is 5.97 Å². The average molecular weight is 291 g/mol. The highest BCUT2D eigenvalue weighted by Crippen LogP contribution is 2.17. The van der Waals surface area contributed by atoms with Crippen LogP contribution in [0, 0.1) is 11.6 Å². The van der Waals surface area contributed by atoms with Crippen LogP contribution in [0.1, 0.15) is 17.2 Å². The van der Waals surface area contributed by atoms with Gasteiger partial charge in [-0.25, -0.2) is 13.6 Å². The first kappa shape index (κ1) is 15.1. The van der Waals surface area contributed by atoms with Crippen molar-refractivity contribution in [3.05, 3.63) is 71.3 Å². The molecule has 1 atom stereocenters. The van der Waals surface area contributed by atoms with Gasteiger partial charge in [-0.1, -0.05) is 36.4 Å². The predicted octanol–water partition coefficient (Wildman–Crippen LogP) is 2.97. The van der Waals surface area contributed by atoms with Gasteiger partial charge >= 0.3 is 5.97 Å². The number of hydrogen-bond donors (Lipinski definition) is 1. The van der Waals surface area contributed by atoms with Crippen molar-refractivity contribution in [2.75, 3.05) is 7.11 Å². The molecule has 0 bridgehead atoms. The zero-order valence-electron chi connectivity index (χ0n) is 11.5. The molecule has 0 spiro atoms. The van der Waals surface area contributed by atoms with Crippen LogP contribution >= 0.6 is 0 Å². The van der Waals surface area contributed by atoms with Crippen LogP contribution in [-0.2, 0) is 16.1 Å². The summed E-state index contributed by atoms with van der Waals surface area (Å²) in [6, 6.07) is 11.7. The van der Waals surface area contributed by atoms with Gasteiger partial charge < -0.3 is 4.74 Å². The summed E-state index contributed by atoms with van der Waals surface area (Å²) in [5.74, 6) is -1.82. The number of hydrogen-bond acceptors (Lipinski definition) is 3. The van der Waals surface area contributed by atoms with Crippen molar-refractivity contribution in [3.63, 3.8) is 0 Å². The topological polar surface area (TPSA) is 38.3 Å². The van der Waals surface area contributed by atoms with Gasteiger partial charge in [-0.3, -0.25) is 5.32 Å². The lowest BCUT2D eigenvalue weighted by molar-refractivity contribution is -0.143. The van der Waals surface area contributed by atoms with Gasteiger partial charge in [0.25, 0.3) is 0 Å². The van der Waals surface area contributed by atoms with Crippen molar-refractivity contribution in [1.29, 1.82) is 0 Å². The predicted molar refractivity (Wildman–Crippen MR) is 74.4 cm³/mol. The minimum absolute atomic E-state index is 0.109. The molecule has 1 unspecified atom stereocenters. The molecule has 0 heterocycles. The molecule has 0 saturated carbocycles. The van der Waals surface area contributed by atoms with Crippen LogP contribution in [0.2, 0.25) is 0 Å². The summed E-state index contributed by atoms with van der Waals surface area (Å²) in [5.41, 5.74) is 0.559. The van der Waals surface area contributed by atoms with Gasteiger partial charge in [0, 0.05) is 12.1 Å². The van der Waals surface area contributed by atoms with E-state index in [1.807, 2.05) is 6.07 Å². The number of halogens is 2. The molecule has 0 amide bonds. The quantitative estimate of drug-likeness (QED) is 0.861. The molecule has 0 aliphatic carbocycles. The molecule has 0 saturated heterocycles. The molecular weight excluding hydrogens is 276 g/mol. The SMILES string of the molecule is COC(=O)C(NCc1c(F)cccc1F)c1ccccc1. The van der Waals surface area contributed by atoms with Crippen molar-refractivity contribution in [2.45, 2.75) is 12.6 Å². The highest BCUT2D eigenvalue weighted by atomic mass is 19.1. The second kappa shape index (κ2) is 6.95. The first-order valence-corrected chi connectivity index (χ1v) is 6.42. The Bertz CT molecular complexity index is 597. The first-order valence-electron chi connectivity index (χ1n) is 6.42. The highest BCUT2D eigenvalue weighted by molar-refractivity contribution is 5.77. The van der Waals surface area contributed by atoms with Gasteiger partial charge in [-0.15, -0.1) is 0 Å². The number of carbonyl (C=O) groups excluding carboxylic acids is 1. The summed E-state index contributed by atoms with van der Waals surface area (Å²) in [6.45, 7) is -0.118. The van der Waals surface area contributed by atoms with Crippen LogP contribution in [-0.4, -0.2) is 13.1 Å². The van der Waals surface area contributed by atoms with Crippen molar-refractivity contribution in [3.8, 4) is 0 Å². The van der Waals surface area contributed by atoms with Crippen LogP contribution in [0.15, 0.2) is 48.5 Å². The normalized spacial score (nSPS) is 12.0. The third-order valence-electron chi connectivity index (χ3n) is 3.11. The second-order valence-electron chi connectivity index (χ2n) is 4.45. The summed E-state index contributed by atoms with van der Waals surface area (Å²) in [5, 5.41) is 2.83. The zero-order valence-corrected chi connectivity index (χ0v) is 11.5. The van der Waals surface area contributed by atoms with Gasteiger partial charge in [0.15, 0.2) is 0 Å². The lowest BCUT2D eigenvalue weighted by Crippen LogP contribution is -2.29. The fourth-order valence-corrected chi connectivity index (χ4v) is 2.01. The number of esters is 1. The van der Waals surface area contributed by atoms with E-state index in [0.717, 1.165) is 0 Å². The molecule has 0 fully saturated rings. The maximum atomic E-state index is 13.6. The van der Waals surface area contributed by atoms with E-state index in [1.54, 1.807) is 24.3 Å². The summed E-state index contributed by atoms with van der Waals surface area (Å²) in [6.07, 6.45) is 0. The second-order valence-corrected chi connectivity index (χ2v) is 4.45. The Hall–Kier alpha value is -2.27. The molecule has 2 aromatic rings. The molecule has 0 radical (unpaired) electrons. The van der Waals surface area contributed by atoms with E-state index in [4.69, 9.17) is 4.74 Å². The van der Waals surface area contributed by atoms with Gasteiger partial charge in [0.1, 0.15) is 17.7 Å². The minimum Gasteiger partial charge on any atom is -0.468 e. The Balaban J connectivity index is 2.19. The maximum Gasteiger partial charge on any atom is 0.327 e. The number of rotatable bonds is 5. The molecule has 0 aromatic heterocycles. The molecule has 0 aliphatic rings. The molecule has 2 aromatic carbocycles. The highest BCUT2D eigenvalue weighted by Gasteiger charge is 2.21. The lowest BCUT2D eigenvalue weighted by Gasteiger charge is -2.17. The summed E-state index contributed by atoms with van der Waals surface area (Å²) in [4.78, 5) is 11.8. The maximum absolute atomic E-state index is 13.6. The third-order valence-corrected chi connectivity index (χ3v) is 3.11. The van der Waals surface area contributed by atoms with Crippen LogP contribution in [0.5, 0.6) is 0 Å². The van der Waals surface area contributed by atoms with E-state index in [0.29, 0.717) is 5.56 Å². The number of benzene rings is 2. The van der Waals surface area contributed by atoms with Crippen molar-refractivity contribution in [2.24, 2.45) is 0 Å². The molecule has 5 heteroatoms. The van der Waals surface area contributed by atoms with Crippen LogP contribution < -0.4 is 5.32 Å². The van der Waals surface area contributed by atoms with Gasteiger partial charge in [0.2, 0.25) is 0 Å². The number of carbonyl (C=O) groups is 1. The third kappa shape index (κ3) is 3.64. The van der Waals surface area contributed by atoms with E-state index in [-0.39, 0.29) is 12.1 Å². The Morgan fingerprint density at radius 2 is 1.71 bits per heavy atom. The summed E-state index contributed by atoms with van der Waals surface area (Å²) in [7, 11) is 1.27. The van der Waals surface area contributed by atoms with E-state index in [9.17, 15) is 13.6 Å². The number of ether oxygens (including phenoxy) is 1. The zero-order chi connectivity index (χ0) is 15.2. The van der Waals surface area contributed by atoms with Gasteiger partial charge in [-0.05, 0) is 17.7 Å². The monoisotopic (exact) mass is 291 g/mol.